The van der Waals surface area contributed by atoms with E-state index in [1.165, 1.54) is 12.5 Å². The van der Waals surface area contributed by atoms with Crippen LogP contribution in [0.25, 0.3) is 0 Å². The van der Waals surface area contributed by atoms with Crippen molar-refractivity contribution < 1.29 is 4.79 Å². The number of nitrogens with zero attached hydrogens (tertiary/aromatic N) is 1. The zero-order valence-electron chi connectivity index (χ0n) is 11.1. The maximum absolute atomic E-state index is 10.9. The first kappa shape index (κ1) is 13.1. The topological polar surface area (TPSA) is 54.0 Å². The molecule has 2 rings (SSSR count). The fraction of sp³-hybridized carbons (Fsp3) is 0.200. The second-order valence-corrected chi connectivity index (χ2v) is 4.25. The Morgan fingerprint density at radius 3 is 2.63 bits per heavy atom. The summed E-state index contributed by atoms with van der Waals surface area (Å²) < 4.78 is 0. The highest BCUT2D eigenvalue weighted by atomic mass is 16.1. The number of aryl methyl sites for hydroxylation is 1. The number of amides is 1. The summed E-state index contributed by atoms with van der Waals surface area (Å²) in [6.45, 7) is 3.59. The average Bonchev–Trinajstić information content (AvgIpc) is 2.41. The summed E-state index contributed by atoms with van der Waals surface area (Å²) in [4.78, 5) is 15.2. The van der Waals surface area contributed by atoms with Gasteiger partial charge in [-0.2, -0.15) is 0 Å². The molecule has 0 atom stereocenters. The molecule has 2 aromatic rings. The Morgan fingerprint density at radius 2 is 2.00 bits per heavy atom. The van der Waals surface area contributed by atoms with Crippen LogP contribution in [0.1, 0.15) is 19.4 Å². The van der Waals surface area contributed by atoms with Gasteiger partial charge in [0.25, 0.3) is 0 Å². The highest BCUT2D eigenvalue weighted by Gasteiger charge is 2.01. The normalized spacial score (nSPS) is 10.0. The largest absolute Gasteiger partial charge is 0.340 e. The second-order valence-electron chi connectivity index (χ2n) is 4.25. The first-order chi connectivity index (χ1) is 9.19. The van der Waals surface area contributed by atoms with Crippen molar-refractivity contribution in [2.75, 3.05) is 10.6 Å². The molecule has 1 aromatic carbocycles. The zero-order chi connectivity index (χ0) is 13.7. The highest BCUT2D eigenvalue weighted by Crippen LogP contribution is 2.20. The molecule has 0 aliphatic heterocycles. The van der Waals surface area contributed by atoms with Crippen molar-refractivity contribution in [2.24, 2.45) is 0 Å². The monoisotopic (exact) mass is 255 g/mol. The van der Waals surface area contributed by atoms with Gasteiger partial charge in [0.05, 0.1) is 11.9 Å². The molecular formula is C15H17N3O. The van der Waals surface area contributed by atoms with Crippen LogP contribution in [0, 0.1) is 0 Å². The lowest BCUT2D eigenvalue weighted by Crippen LogP contribution is -2.06. The van der Waals surface area contributed by atoms with Crippen molar-refractivity contribution in [3.8, 4) is 0 Å². The molecule has 0 saturated carbocycles. The molecule has 0 spiro atoms. The van der Waals surface area contributed by atoms with E-state index < -0.39 is 0 Å². The molecular weight excluding hydrogens is 238 g/mol. The maximum Gasteiger partial charge on any atom is 0.221 e. The van der Waals surface area contributed by atoms with Crippen LogP contribution in [0.2, 0.25) is 0 Å². The van der Waals surface area contributed by atoms with E-state index in [4.69, 9.17) is 0 Å². The molecule has 0 saturated heterocycles. The van der Waals surface area contributed by atoms with Gasteiger partial charge in [-0.15, -0.1) is 0 Å². The minimum absolute atomic E-state index is 0.0983. The number of hydrogen-bond donors (Lipinski definition) is 2. The molecule has 1 heterocycles. The molecule has 2 N–H and O–H groups in total. The minimum atomic E-state index is -0.0983. The molecule has 0 aliphatic rings. The SMILES string of the molecule is CCc1ccccc1Nc1ccc(NC(C)=O)cn1. The van der Waals surface area contributed by atoms with E-state index in [1.54, 1.807) is 6.20 Å². The Morgan fingerprint density at radius 1 is 1.21 bits per heavy atom. The molecule has 0 fully saturated rings. The average molecular weight is 255 g/mol. The standard InChI is InChI=1S/C15H17N3O/c1-3-12-6-4-5-7-14(12)18-15-9-8-13(10-16-15)17-11(2)19/h4-10H,3H2,1-2H3,(H,16,18)(H,17,19). The summed E-state index contributed by atoms with van der Waals surface area (Å²) in [5.74, 6) is 0.661. The second kappa shape index (κ2) is 6.00. The lowest BCUT2D eigenvalue weighted by molar-refractivity contribution is -0.114. The number of anilines is 3. The number of carbonyl (C=O) groups excluding carboxylic acids is 1. The molecule has 1 amide bonds. The Balaban J connectivity index is 2.13. The Hall–Kier alpha value is -2.36. The van der Waals surface area contributed by atoms with Gasteiger partial charge in [-0.1, -0.05) is 25.1 Å². The van der Waals surface area contributed by atoms with Crippen molar-refractivity contribution in [1.82, 2.24) is 4.98 Å². The number of rotatable bonds is 4. The summed E-state index contributed by atoms with van der Waals surface area (Å²) in [5.41, 5.74) is 3.00. The van der Waals surface area contributed by atoms with Crippen LogP contribution in [0.4, 0.5) is 17.2 Å². The number of para-hydroxylation sites is 1. The first-order valence-corrected chi connectivity index (χ1v) is 6.27. The fourth-order valence-corrected chi connectivity index (χ4v) is 1.83. The van der Waals surface area contributed by atoms with E-state index in [-0.39, 0.29) is 5.91 Å². The van der Waals surface area contributed by atoms with Crippen LogP contribution in [0.15, 0.2) is 42.6 Å². The highest BCUT2D eigenvalue weighted by molar-refractivity contribution is 5.88. The summed E-state index contributed by atoms with van der Waals surface area (Å²) in [5, 5.41) is 5.97. The summed E-state index contributed by atoms with van der Waals surface area (Å²) in [6, 6.07) is 11.8. The van der Waals surface area contributed by atoms with Gasteiger partial charge in [-0.25, -0.2) is 4.98 Å². The smallest absolute Gasteiger partial charge is 0.221 e. The lowest BCUT2D eigenvalue weighted by atomic mass is 10.1. The Kier molecular flexibility index (Phi) is 4.13. The Labute approximate surface area is 112 Å². The molecule has 0 bridgehead atoms. The summed E-state index contributed by atoms with van der Waals surface area (Å²) >= 11 is 0. The molecule has 0 aliphatic carbocycles. The van der Waals surface area contributed by atoms with Gasteiger partial charge in [0.15, 0.2) is 0 Å². The van der Waals surface area contributed by atoms with Crippen LogP contribution in [-0.2, 0) is 11.2 Å². The Bertz CT molecular complexity index is 564. The van der Waals surface area contributed by atoms with Crippen molar-refractivity contribution in [1.29, 1.82) is 0 Å². The van der Waals surface area contributed by atoms with E-state index in [0.29, 0.717) is 5.69 Å². The third kappa shape index (κ3) is 3.55. The van der Waals surface area contributed by atoms with Crippen molar-refractivity contribution in [3.05, 3.63) is 48.2 Å². The van der Waals surface area contributed by atoms with E-state index >= 15 is 0 Å². The first-order valence-electron chi connectivity index (χ1n) is 6.27. The number of benzene rings is 1. The van der Waals surface area contributed by atoms with Crippen LogP contribution in [0.5, 0.6) is 0 Å². The minimum Gasteiger partial charge on any atom is -0.340 e. The van der Waals surface area contributed by atoms with Crippen LogP contribution in [0.3, 0.4) is 0 Å². The number of carbonyl (C=O) groups is 1. The number of aromatic nitrogens is 1. The van der Waals surface area contributed by atoms with Crippen molar-refractivity contribution in [3.63, 3.8) is 0 Å². The molecule has 1 aromatic heterocycles. The molecule has 98 valence electrons. The lowest BCUT2D eigenvalue weighted by Gasteiger charge is -2.10. The quantitative estimate of drug-likeness (QED) is 0.881. The van der Waals surface area contributed by atoms with Crippen LogP contribution in [-0.4, -0.2) is 10.9 Å². The van der Waals surface area contributed by atoms with E-state index in [9.17, 15) is 4.79 Å². The van der Waals surface area contributed by atoms with Crippen LogP contribution < -0.4 is 10.6 Å². The maximum atomic E-state index is 10.9. The van der Waals surface area contributed by atoms with Crippen molar-refractivity contribution in [2.45, 2.75) is 20.3 Å². The third-order valence-electron chi connectivity index (χ3n) is 2.74. The van der Waals surface area contributed by atoms with Gasteiger partial charge in [-0.05, 0) is 30.2 Å². The summed E-state index contributed by atoms with van der Waals surface area (Å²) in [7, 11) is 0. The van der Waals surface area contributed by atoms with Gasteiger partial charge in [0.2, 0.25) is 5.91 Å². The predicted molar refractivity (Wildman–Crippen MR) is 77.6 cm³/mol. The molecule has 0 radical (unpaired) electrons. The predicted octanol–water partition coefficient (Wildman–Crippen LogP) is 3.35. The third-order valence-corrected chi connectivity index (χ3v) is 2.74. The van der Waals surface area contributed by atoms with Gasteiger partial charge < -0.3 is 10.6 Å². The number of pyridine rings is 1. The fourth-order valence-electron chi connectivity index (χ4n) is 1.83. The van der Waals surface area contributed by atoms with Gasteiger partial charge in [-0.3, -0.25) is 4.79 Å². The van der Waals surface area contributed by atoms with Gasteiger partial charge >= 0.3 is 0 Å². The number of nitrogens with one attached hydrogen (secondary N) is 2. The zero-order valence-corrected chi connectivity index (χ0v) is 11.1. The molecule has 0 unspecified atom stereocenters. The number of hydrogen-bond acceptors (Lipinski definition) is 3. The van der Waals surface area contributed by atoms with Crippen LogP contribution >= 0.6 is 0 Å². The molecule has 19 heavy (non-hydrogen) atoms. The summed E-state index contributed by atoms with van der Waals surface area (Å²) in [6.07, 6.45) is 2.60. The van der Waals surface area contributed by atoms with Gasteiger partial charge in [0.1, 0.15) is 5.82 Å². The molecule has 4 heteroatoms. The van der Waals surface area contributed by atoms with E-state index in [2.05, 4.69) is 28.6 Å². The van der Waals surface area contributed by atoms with Crippen molar-refractivity contribution >= 4 is 23.1 Å². The molecule has 4 nitrogen and oxygen atoms in total. The van der Waals surface area contributed by atoms with E-state index in [1.807, 2.05) is 30.3 Å². The van der Waals surface area contributed by atoms with E-state index in [0.717, 1.165) is 17.9 Å². The van der Waals surface area contributed by atoms with Gasteiger partial charge in [0, 0.05) is 12.6 Å².